The monoisotopic (exact) mass is 288 g/mol. The first-order valence-corrected chi connectivity index (χ1v) is 6.37. The highest BCUT2D eigenvalue weighted by molar-refractivity contribution is 5.85. The van der Waals surface area contributed by atoms with E-state index < -0.39 is 11.8 Å². The molecular weight excluding hydrogens is 272 g/mol. The summed E-state index contributed by atoms with van der Waals surface area (Å²) in [5, 5.41) is 2.13. The summed E-state index contributed by atoms with van der Waals surface area (Å²) in [5.74, 6) is -0.295. The zero-order valence-corrected chi connectivity index (χ0v) is 11.6. The Kier molecular flexibility index (Phi) is 5.11. The minimum Gasteiger partial charge on any atom is -0.484 e. The number of nitrogens with one attached hydrogen (secondary N) is 2. The number of fused-ring (bicyclic) bond motifs is 1. The highest BCUT2D eigenvalue weighted by atomic mass is 16.5. The van der Waals surface area contributed by atoms with Crippen LogP contribution in [0.4, 0.5) is 0 Å². The molecule has 110 valence electrons. The Morgan fingerprint density at radius 3 is 2.33 bits per heavy atom. The van der Waals surface area contributed by atoms with E-state index in [0.717, 1.165) is 10.8 Å². The molecular formula is C15H16N2O4. The molecule has 0 aliphatic heterocycles. The minimum atomic E-state index is -0.451. The lowest BCUT2D eigenvalue weighted by Crippen LogP contribution is -2.45. The van der Waals surface area contributed by atoms with Crippen molar-refractivity contribution in [1.29, 1.82) is 0 Å². The van der Waals surface area contributed by atoms with Crippen LogP contribution >= 0.6 is 0 Å². The van der Waals surface area contributed by atoms with Crippen LogP contribution in [0.15, 0.2) is 42.5 Å². The molecule has 6 heteroatoms. The summed E-state index contributed by atoms with van der Waals surface area (Å²) >= 11 is 0. The second-order valence-corrected chi connectivity index (χ2v) is 4.33. The van der Waals surface area contributed by atoms with Gasteiger partial charge in [0.05, 0.1) is 0 Å². The van der Waals surface area contributed by atoms with Crippen LogP contribution in [0.3, 0.4) is 0 Å². The summed E-state index contributed by atoms with van der Waals surface area (Å²) in [6.45, 7) is -0.308. The van der Waals surface area contributed by atoms with Gasteiger partial charge in [-0.25, -0.2) is 0 Å². The number of carbonyl (C=O) groups is 2. The van der Waals surface area contributed by atoms with Gasteiger partial charge in [-0.2, -0.15) is 0 Å². The van der Waals surface area contributed by atoms with Crippen LogP contribution in [0.2, 0.25) is 0 Å². The van der Waals surface area contributed by atoms with Crippen LogP contribution in [-0.4, -0.2) is 32.1 Å². The molecule has 0 saturated heterocycles. The van der Waals surface area contributed by atoms with Gasteiger partial charge in [-0.15, -0.1) is 0 Å². The fourth-order valence-corrected chi connectivity index (χ4v) is 1.75. The van der Waals surface area contributed by atoms with Gasteiger partial charge in [-0.3, -0.25) is 20.4 Å². The smallest absolute Gasteiger partial charge is 0.276 e. The Balaban J connectivity index is 1.83. The number of hydrogen-bond donors (Lipinski definition) is 2. The van der Waals surface area contributed by atoms with Gasteiger partial charge in [0.25, 0.3) is 11.8 Å². The maximum absolute atomic E-state index is 11.5. The van der Waals surface area contributed by atoms with Crippen LogP contribution < -0.4 is 15.6 Å². The number of amides is 2. The normalized spacial score (nSPS) is 10.1. The Morgan fingerprint density at radius 1 is 0.952 bits per heavy atom. The third-order valence-electron chi connectivity index (χ3n) is 2.71. The molecule has 2 amide bonds. The molecule has 0 aliphatic rings. The Bertz CT molecular complexity index is 642. The lowest BCUT2D eigenvalue weighted by molar-refractivity contribution is -0.131. The van der Waals surface area contributed by atoms with Gasteiger partial charge < -0.3 is 9.47 Å². The van der Waals surface area contributed by atoms with Crippen molar-refractivity contribution >= 4 is 22.6 Å². The van der Waals surface area contributed by atoms with E-state index in [1.54, 1.807) is 6.07 Å². The molecule has 6 nitrogen and oxygen atoms in total. The average Bonchev–Trinajstić information content (AvgIpc) is 2.51. The topological polar surface area (TPSA) is 76.7 Å². The van der Waals surface area contributed by atoms with Crippen molar-refractivity contribution < 1.29 is 19.1 Å². The Labute approximate surface area is 122 Å². The lowest BCUT2D eigenvalue weighted by Gasteiger charge is -2.09. The van der Waals surface area contributed by atoms with Crippen LogP contribution in [0.1, 0.15) is 0 Å². The van der Waals surface area contributed by atoms with E-state index in [0.29, 0.717) is 5.75 Å². The van der Waals surface area contributed by atoms with E-state index in [1.165, 1.54) is 7.11 Å². The molecule has 2 N–H and O–H groups in total. The van der Waals surface area contributed by atoms with E-state index in [-0.39, 0.29) is 13.2 Å². The number of methoxy groups -OCH3 is 1. The molecule has 0 saturated carbocycles. The molecule has 2 aromatic carbocycles. The van der Waals surface area contributed by atoms with Gasteiger partial charge >= 0.3 is 0 Å². The summed E-state index contributed by atoms with van der Waals surface area (Å²) in [6, 6.07) is 13.4. The largest absolute Gasteiger partial charge is 0.484 e. The van der Waals surface area contributed by atoms with Gasteiger partial charge in [0.1, 0.15) is 12.4 Å². The van der Waals surface area contributed by atoms with E-state index in [1.807, 2.05) is 36.4 Å². The molecule has 0 atom stereocenters. The first-order valence-electron chi connectivity index (χ1n) is 6.37. The number of hydrazine groups is 1. The van der Waals surface area contributed by atoms with E-state index in [4.69, 9.17) is 4.74 Å². The van der Waals surface area contributed by atoms with Crippen LogP contribution in [0, 0.1) is 0 Å². The summed E-state index contributed by atoms with van der Waals surface area (Å²) < 4.78 is 9.99. The quantitative estimate of drug-likeness (QED) is 0.805. The van der Waals surface area contributed by atoms with Crippen LogP contribution in [-0.2, 0) is 14.3 Å². The predicted molar refractivity (Wildman–Crippen MR) is 77.6 cm³/mol. The summed E-state index contributed by atoms with van der Waals surface area (Å²) in [5.41, 5.74) is 4.44. The summed E-state index contributed by atoms with van der Waals surface area (Å²) in [7, 11) is 1.39. The van der Waals surface area contributed by atoms with Gasteiger partial charge in [0.15, 0.2) is 6.61 Å². The van der Waals surface area contributed by atoms with Gasteiger partial charge in [-0.1, -0.05) is 30.3 Å². The molecule has 2 rings (SSSR count). The highest BCUT2D eigenvalue weighted by Gasteiger charge is 2.05. The van der Waals surface area contributed by atoms with Crippen molar-refractivity contribution in [3.05, 3.63) is 42.5 Å². The maximum Gasteiger partial charge on any atom is 0.276 e. The summed E-state index contributed by atoms with van der Waals surface area (Å²) in [4.78, 5) is 22.6. The molecule has 0 radical (unpaired) electrons. The molecule has 0 aromatic heterocycles. The number of ether oxygens (including phenoxy) is 2. The number of rotatable bonds is 5. The van der Waals surface area contributed by atoms with E-state index >= 15 is 0 Å². The third kappa shape index (κ3) is 4.47. The second kappa shape index (κ2) is 7.25. The molecule has 0 fully saturated rings. The number of benzene rings is 2. The molecule has 0 spiro atoms. The number of carbonyl (C=O) groups excluding carboxylic acids is 2. The standard InChI is InChI=1S/C15H16N2O4/c1-20-9-14(18)16-17-15(19)10-21-13-7-6-11-4-2-3-5-12(11)8-13/h2-8H,9-10H2,1H3,(H,16,18)(H,17,19). The molecule has 0 unspecified atom stereocenters. The van der Waals surface area contributed by atoms with Crippen molar-refractivity contribution in [2.45, 2.75) is 0 Å². The third-order valence-corrected chi connectivity index (χ3v) is 2.71. The van der Waals surface area contributed by atoms with Crippen molar-refractivity contribution in [1.82, 2.24) is 10.9 Å². The van der Waals surface area contributed by atoms with Crippen LogP contribution in [0.5, 0.6) is 5.75 Å². The highest BCUT2D eigenvalue weighted by Crippen LogP contribution is 2.20. The average molecular weight is 288 g/mol. The van der Waals surface area contributed by atoms with Crippen molar-refractivity contribution in [2.75, 3.05) is 20.3 Å². The Morgan fingerprint density at radius 2 is 1.62 bits per heavy atom. The molecule has 21 heavy (non-hydrogen) atoms. The predicted octanol–water partition coefficient (Wildman–Crippen LogP) is 1.01. The van der Waals surface area contributed by atoms with Crippen molar-refractivity contribution in [3.63, 3.8) is 0 Å². The van der Waals surface area contributed by atoms with E-state index in [2.05, 4.69) is 15.6 Å². The molecule has 0 aliphatic carbocycles. The molecule has 2 aromatic rings. The fraction of sp³-hybridized carbons (Fsp3) is 0.200. The molecule has 0 heterocycles. The Hall–Kier alpha value is -2.60. The first kappa shape index (κ1) is 14.8. The first-order chi connectivity index (χ1) is 10.2. The number of hydrogen-bond acceptors (Lipinski definition) is 4. The van der Waals surface area contributed by atoms with Gasteiger partial charge in [-0.05, 0) is 22.9 Å². The minimum absolute atomic E-state index is 0.119. The fourth-order valence-electron chi connectivity index (χ4n) is 1.75. The van der Waals surface area contributed by atoms with Gasteiger partial charge in [0, 0.05) is 7.11 Å². The second-order valence-electron chi connectivity index (χ2n) is 4.33. The van der Waals surface area contributed by atoms with Crippen molar-refractivity contribution in [2.24, 2.45) is 0 Å². The van der Waals surface area contributed by atoms with E-state index in [9.17, 15) is 9.59 Å². The SMILES string of the molecule is COCC(=O)NNC(=O)COc1ccc2ccccc2c1. The zero-order valence-electron chi connectivity index (χ0n) is 11.6. The maximum atomic E-state index is 11.5. The van der Waals surface area contributed by atoms with Gasteiger partial charge in [0.2, 0.25) is 0 Å². The summed E-state index contributed by atoms with van der Waals surface area (Å²) in [6.07, 6.45) is 0. The van der Waals surface area contributed by atoms with Crippen molar-refractivity contribution in [3.8, 4) is 5.75 Å². The lowest BCUT2D eigenvalue weighted by atomic mass is 10.1. The zero-order chi connectivity index (χ0) is 15.1. The molecule has 0 bridgehead atoms. The van der Waals surface area contributed by atoms with Crippen LogP contribution in [0.25, 0.3) is 10.8 Å².